The summed E-state index contributed by atoms with van der Waals surface area (Å²) in [6, 6.07) is 4.44. The van der Waals surface area contributed by atoms with E-state index in [9.17, 15) is 8.42 Å². The van der Waals surface area contributed by atoms with Crippen molar-refractivity contribution in [2.24, 2.45) is 0 Å². The Balaban J connectivity index is 2.68. The average Bonchev–Trinajstić information content (AvgIpc) is 2.76. The van der Waals surface area contributed by atoms with Gasteiger partial charge in [-0.2, -0.15) is 0 Å². The third-order valence-electron chi connectivity index (χ3n) is 2.44. The topological polar surface area (TPSA) is 61.2 Å². The normalized spacial score (nSPS) is 11.5. The number of ether oxygens (including phenoxy) is 1. The van der Waals surface area contributed by atoms with Crippen LogP contribution < -0.4 is 4.74 Å². The van der Waals surface area contributed by atoms with Gasteiger partial charge in [0.05, 0.1) is 7.11 Å². The molecule has 0 atom stereocenters. The van der Waals surface area contributed by atoms with Crippen LogP contribution in [0.3, 0.4) is 0 Å². The fourth-order valence-electron chi connectivity index (χ4n) is 1.58. The van der Waals surface area contributed by atoms with Crippen LogP contribution in [0, 0.1) is 6.92 Å². The zero-order valence-electron chi connectivity index (χ0n) is 9.79. The Kier molecular flexibility index (Phi) is 3.32. The number of methoxy groups -OCH3 is 1. The maximum Gasteiger partial charge on any atom is 0.272 e. The summed E-state index contributed by atoms with van der Waals surface area (Å²) >= 11 is 5.84. The van der Waals surface area contributed by atoms with Crippen LogP contribution in [0.4, 0.5) is 0 Å². The summed E-state index contributed by atoms with van der Waals surface area (Å²) in [5.74, 6) is 0.615. The Bertz CT molecular complexity index is 679. The van der Waals surface area contributed by atoms with Gasteiger partial charge in [0.1, 0.15) is 16.5 Å². The first kappa shape index (κ1) is 12.9. The first-order valence-electron chi connectivity index (χ1n) is 5.06. The molecule has 0 saturated heterocycles. The number of aromatic nitrogens is 2. The van der Waals surface area contributed by atoms with Gasteiger partial charge >= 0.3 is 0 Å². The number of hydrogen-bond donors (Lipinski definition) is 0. The molecule has 0 aliphatic rings. The fourth-order valence-corrected chi connectivity index (χ4v) is 3.32. The second kappa shape index (κ2) is 4.62. The van der Waals surface area contributed by atoms with Gasteiger partial charge in [0.15, 0.2) is 0 Å². The van der Waals surface area contributed by atoms with Gasteiger partial charge in [-0.3, -0.25) is 0 Å². The Morgan fingerprint density at radius 3 is 2.67 bits per heavy atom. The van der Waals surface area contributed by atoms with E-state index in [0.717, 1.165) is 3.97 Å². The molecule has 0 saturated carbocycles. The lowest BCUT2D eigenvalue weighted by Crippen LogP contribution is -2.14. The van der Waals surface area contributed by atoms with Crippen LogP contribution >= 0.6 is 11.6 Å². The van der Waals surface area contributed by atoms with Crippen LogP contribution in [0.15, 0.2) is 35.5 Å². The first-order valence-corrected chi connectivity index (χ1v) is 6.87. The molecule has 0 bridgehead atoms. The highest BCUT2D eigenvalue weighted by Crippen LogP contribution is 2.29. The number of benzene rings is 1. The smallest absolute Gasteiger partial charge is 0.272 e. The van der Waals surface area contributed by atoms with Gasteiger partial charge in [-0.1, -0.05) is 11.6 Å². The predicted molar refractivity (Wildman–Crippen MR) is 67.6 cm³/mol. The maximum absolute atomic E-state index is 12.4. The highest BCUT2D eigenvalue weighted by Gasteiger charge is 2.23. The summed E-state index contributed by atoms with van der Waals surface area (Å²) in [6.45, 7) is 1.61. The van der Waals surface area contributed by atoms with Crippen molar-refractivity contribution in [3.8, 4) is 5.75 Å². The van der Waals surface area contributed by atoms with E-state index >= 15 is 0 Å². The molecule has 18 heavy (non-hydrogen) atoms. The molecule has 2 rings (SSSR count). The van der Waals surface area contributed by atoms with E-state index in [-0.39, 0.29) is 10.6 Å². The Morgan fingerprint density at radius 1 is 1.39 bits per heavy atom. The summed E-state index contributed by atoms with van der Waals surface area (Å²) in [4.78, 5) is 3.91. The molecule has 0 aliphatic carbocycles. The lowest BCUT2D eigenvalue weighted by atomic mass is 10.3. The van der Waals surface area contributed by atoms with Gasteiger partial charge in [-0.05, 0) is 25.1 Å². The highest BCUT2D eigenvalue weighted by atomic mass is 35.5. The minimum absolute atomic E-state index is 0.0126. The second-order valence-corrected chi connectivity index (χ2v) is 5.79. The molecule has 1 heterocycles. The number of imidazole rings is 1. The fraction of sp³-hybridized carbons (Fsp3) is 0.182. The van der Waals surface area contributed by atoms with E-state index in [2.05, 4.69) is 4.98 Å². The largest absolute Gasteiger partial charge is 0.495 e. The van der Waals surface area contributed by atoms with Gasteiger partial charge in [0.2, 0.25) is 0 Å². The standard InChI is InChI=1S/C11H11ClN2O3S/c1-8-13-5-6-14(8)18(15,16)11-7-9(12)3-4-10(11)17-2/h3-7H,1-2H3. The van der Waals surface area contributed by atoms with Crippen molar-refractivity contribution < 1.29 is 13.2 Å². The maximum atomic E-state index is 12.4. The Morgan fingerprint density at radius 2 is 2.11 bits per heavy atom. The minimum atomic E-state index is -3.75. The van der Waals surface area contributed by atoms with Crippen LogP contribution in [0.5, 0.6) is 5.75 Å². The summed E-state index contributed by atoms with van der Waals surface area (Å²) in [5.41, 5.74) is 0. The molecule has 0 radical (unpaired) electrons. The quantitative estimate of drug-likeness (QED) is 0.867. The van der Waals surface area contributed by atoms with E-state index in [0.29, 0.717) is 10.8 Å². The van der Waals surface area contributed by atoms with E-state index in [1.165, 1.54) is 31.6 Å². The average molecular weight is 287 g/mol. The lowest BCUT2D eigenvalue weighted by molar-refractivity contribution is 0.402. The molecule has 7 heteroatoms. The molecule has 96 valence electrons. The van der Waals surface area contributed by atoms with Crippen molar-refractivity contribution in [2.75, 3.05) is 7.11 Å². The lowest BCUT2D eigenvalue weighted by Gasteiger charge is -2.11. The molecule has 2 aromatic rings. The van der Waals surface area contributed by atoms with Crippen LogP contribution in [0.25, 0.3) is 0 Å². The first-order chi connectivity index (χ1) is 8.46. The van der Waals surface area contributed by atoms with Crippen molar-refractivity contribution in [1.29, 1.82) is 0 Å². The van der Waals surface area contributed by atoms with Crippen molar-refractivity contribution >= 4 is 21.6 Å². The van der Waals surface area contributed by atoms with E-state index < -0.39 is 10.0 Å². The number of aryl methyl sites for hydroxylation is 1. The van der Waals surface area contributed by atoms with Gasteiger partial charge in [0, 0.05) is 17.4 Å². The number of rotatable bonds is 3. The van der Waals surface area contributed by atoms with Crippen LogP contribution in [-0.2, 0) is 10.0 Å². The van der Waals surface area contributed by atoms with E-state index in [1.54, 1.807) is 13.0 Å². The molecule has 0 spiro atoms. The summed E-state index contributed by atoms with van der Waals surface area (Å²) in [5, 5.41) is 0.326. The molecule has 0 unspecified atom stereocenters. The zero-order valence-corrected chi connectivity index (χ0v) is 11.4. The van der Waals surface area contributed by atoms with Crippen LogP contribution in [0.2, 0.25) is 5.02 Å². The van der Waals surface area contributed by atoms with Crippen molar-refractivity contribution in [3.63, 3.8) is 0 Å². The Labute approximate surface area is 110 Å². The van der Waals surface area contributed by atoms with E-state index in [1.807, 2.05) is 0 Å². The van der Waals surface area contributed by atoms with Gasteiger partial charge < -0.3 is 4.74 Å². The van der Waals surface area contributed by atoms with Gasteiger partial charge in [-0.15, -0.1) is 0 Å². The molecule has 5 nitrogen and oxygen atoms in total. The summed E-state index contributed by atoms with van der Waals surface area (Å²) < 4.78 is 31.0. The summed E-state index contributed by atoms with van der Waals surface area (Å²) in [6.07, 6.45) is 2.80. The third kappa shape index (κ3) is 2.09. The monoisotopic (exact) mass is 286 g/mol. The van der Waals surface area contributed by atoms with Crippen LogP contribution in [0.1, 0.15) is 5.82 Å². The molecule has 1 aromatic heterocycles. The van der Waals surface area contributed by atoms with Gasteiger partial charge in [0.25, 0.3) is 10.0 Å². The summed E-state index contributed by atoms with van der Waals surface area (Å²) in [7, 11) is -2.34. The molecular formula is C11H11ClN2O3S. The molecule has 0 fully saturated rings. The van der Waals surface area contributed by atoms with Crippen molar-refractivity contribution in [3.05, 3.63) is 41.4 Å². The number of nitrogens with zero attached hydrogens (tertiary/aromatic N) is 2. The zero-order chi connectivity index (χ0) is 13.3. The minimum Gasteiger partial charge on any atom is -0.495 e. The van der Waals surface area contributed by atoms with Gasteiger partial charge in [-0.25, -0.2) is 17.4 Å². The Hall–Kier alpha value is -1.53. The van der Waals surface area contributed by atoms with Crippen LogP contribution in [-0.4, -0.2) is 24.5 Å². The highest BCUT2D eigenvalue weighted by molar-refractivity contribution is 7.90. The number of halogens is 1. The van der Waals surface area contributed by atoms with Crippen molar-refractivity contribution in [1.82, 2.24) is 8.96 Å². The SMILES string of the molecule is COc1ccc(Cl)cc1S(=O)(=O)n1ccnc1C. The van der Waals surface area contributed by atoms with Crippen molar-refractivity contribution in [2.45, 2.75) is 11.8 Å². The second-order valence-electron chi connectivity index (χ2n) is 3.57. The third-order valence-corrected chi connectivity index (χ3v) is 4.46. The molecule has 1 aromatic carbocycles. The molecular weight excluding hydrogens is 276 g/mol. The molecule has 0 aliphatic heterocycles. The molecule has 0 amide bonds. The number of hydrogen-bond acceptors (Lipinski definition) is 4. The predicted octanol–water partition coefficient (Wildman–Crippen LogP) is 2.09. The van der Waals surface area contributed by atoms with E-state index in [4.69, 9.17) is 16.3 Å². The molecule has 0 N–H and O–H groups in total.